The van der Waals surface area contributed by atoms with Gasteiger partial charge in [0.1, 0.15) is 22.7 Å². The number of benzene rings is 2. The molecule has 0 aliphatic carbocycles. The van der Waals surface area contributed by atoms with Crippen LogP contribution in [0.25, 0.3) is 21.7 Å². The fraction of sp³-hybridized carbons (Fsp3) is 0.367. The third-order valence-electron chi connectivity index (χ3n) is 7.24. The highest BCUT2D eigenvalue weighted by Gasteiger charge is 2.35. The number of piperazine rings is 1. The molecule has 5 rings (SSSR count). The molecule has 0 radical (unpaired) electrons. The minimum absolute atomic E-state index is 0.0974. The zero-order chi connectivity index (χ0) is 27.5. The van der Waals surface area contributed by atoms with E-state index in [1.54, 1.807) is 33.2 Å². The molecule has 1 fully saturated rings. The molecule has 39 heavy (non-hydrogen) atoms. The summed E-state index contributed by atoms with van der Waals surface area (Å²) in [6, 6.07) is 10.9. The van der Waals surface area contributed by atoms with Crippen LogP contribution in [0.4, 0.5) is 0 Å². The van der Waals surface area contributed by atoms with Crippen LogP contribution >= 0.6 is 0 Å². The number of carbonyl (C=O) groups excluding carboxylic acids is 2. The van der Waals surface area contributed by atoms with Crippen molar-refractivity contribution < 1.29 is 28.6 Å². The molecule has 0 amide bonds. The van der Waals surface area contributed by atoms with Crippen molar-refractivity contribution in [2.24, 2.45) is 0 Å². The molecule has 9 nitrogen and oxygen atoms in total. The number of ether oxygens (including phenoxy) is 2. The number of carbonyl (C=O) groups is 2. The smallest absolute Gasteiger partial charge is 0.342 e. The van der Waals surface area contributed by atoms with E-state index in [0.29, 0.717) is 66.0 Å². The molecule has 1 aliphatic rings. The number of phenolic OH excluding ortho intramolecular Hbond substituents is 1. The summed E-state index contributed by atoms with van der Waals surface area (Å²) in [6.07, 6.45) is 3.45. The van der Waals surface area contributed by atoms with E-state index in [1.165, 1.54) is 0 Å². The average Bonchev–Trinajstić information content (AvgIpc) is 3.29. The number of hydrogen-bond acceptors (Lipinski definition) is 9. The number of aryl methyl sites for hydroxylation is 1. The maximum atomic E-state index is 13.2. The molecule has 2 aromatic carbocycles. The number of rotatable bonds is 8. The predicted molar refractivity (Wildman–Crippen MR) is 147 cm³/mol. The Morgan fingerprint density at radius 2 is 1.67 bits per heavy atom. The molecule has 1 N–H and O–H groups in total. The molecule has 1 saturated heterocycles. The summed E-state index contributed by atoms with van der Waals surface area (Å²) < 4.78 is 16.8. The van der Waals surface area contributed by atoms with Crippen LogP contribution in [-0.2, 0) is 14.3 Å². The van der Waals surface area contributed by atoms with Crippen LogP contribution < -0.4 is 0 Å². The fourth-order valence-corrected chi connectivity index (χ4v) is 5.53. The molecule has 0 bridgehead atoms. The van der Waals surface area contributed by atoms with Crippen LogP contribution in [0, 0.1) is 6.92 Å². The van der Waals surface area contributed by atoms with Gasteiger partial charge in [-0.3, -0.25) is 19.6 Å². The quantitative estimate of drug-likeness (QED) is 0.330. The molecule has 9 heteroatoms. The summed E-state index contributed by atoms with van der Waals surface area (Å²) in [5.41, 5.74) is 2.37. The molecule has 1 atom stereocenters. The first kappa shape index (κ1) is 26.6. The molecular weight excluding hydrogens is 498 g/mol. The van der Waals surface area contributed by atoms with Gasteiger partial charge >= 0.3 is 11.9 Å². The van der Waals surface area contributed by atoms with Crippen LogP contribution in [0.3, 0.4) is 0 Å². The van der Waals surface area contributed by atoms with E-state index in [0.717, 1.165) is 10.9 Å². The van der Waals surface area contributed by atoms with Gasteiger partial charge in [0.25, 0.3) is 0 Å². The third-order valence-corrected chi connectivity index (χ3v) is 7.24. The van der Waals surface area contributed by atoms with Gasteiger partial charge in [0.15, 0.2) is 0 Å². The number of esters is 2. The fourth-order valence-electron chi connectivity index (χ4n) is 5.53. The second kappa shape index (κ2) is 11.4. The number of phenols is 1. The lowest BCUT2D eigenvalue weighted by atomic mass is 9.89. The predicted octanol–water partition coefficient (Wildman–Crippen LogP) is 4.44. The highest BCUT2D eigenvalue weighted by molar-refractivity contribution is 6.16. The largest absolute Gasteiger partial charge is 0.507 e. The van der Waals surface area contributed by atoms with Gasteiger partial charge in [0.2, 0.25) is 0 Å². The second-order valence-electron chi connectivity index (χ2n) is 9.57. The summed E-state index contributed by atoms with van der Waals surface area (Å²) in [5, 5.41) is 13.8. The average molecular weight is 532 g/mol. The van der Waals surface area contributed by atoms with Crippen molar-refractivity contribution in [3.8, 4) is 5.75 Å². The van der Waals surface area contributed by atoms with E-state index >= 15 is 0 Å². The molecule has 4 aromatic rings. The first-order valence-corrected chi connectivity index (χ1v) is 13.3. The lowest BCUT2D eigenvalue weighted by Crippen LogP contribution is -2.49. The Balaban J connectivity index is 1.68. The Labute approximate surface area is 226 Å². The topological polar surface area (TPSA) is 105 Å². The Morgan fingerprint density at radius 1 is 1.00 bits per heavy atom. The first-order valence-electron chi connectivity index (χ1n) is 13.3. The second-order valence-corrected chi connectivity index (χ2v) is 9.57. The van der Waals surface area contributed by atoms with Crippen LogP contribution in [0.15, 0.2) is 53.2 Å². The van der Waals surface area contributed by atoms with Crippen LogP contribution in [0.2, 0.25) is 0 Å². The maximum absolute atomic E-state index is 13.2. The monoisotopic (exact) mass is 531 g/mol. The molecule has 1 unspecified atom stereocenters. The van der Waals surface area contributed by atoms with Gasteiger partial charge in [0, 0.05) is 60.3 Å². The van der Waals surface area contributed by atoms with Crippen molar-refractivity contribution in [3.05, 3.63) is 71.2 Å². The summed E-state index contributed by atoms with van der Waals surface area (Å²) in [6.45, 7) is 8.67. The Morgan fingerprint density at radius 3 is 2.33 bits per heavy atom. The lowest BCUT2D eigenvalue weighted by Gasteiger charge is -2.39. The van der Waals surface area contributed by atoms with E-state index in [1.807, 2.05) is 36.4 Å². The van der Waals surface area contributed by atoms with Crippen molar-refractivity contribution in [2.75, 3.05) is 45.9 Å². The summed E-state index contributed by atoms with van der Waals surface area (Å²) in [7, 11) is 0. The Bertz CT molecular complexity index is 1490. The number of furan rings is 1. The molecule has 204 valence electrons. The minimum Gasteiger partial charge on any atom is -0.507 e. The number of pyridine rings is 1. The molecule has 0 saturated carbocycles. The zero-order valence-corrected chi connectivity index (χ0v) is 22.5. The molecular formula is C30H33N3O6. The van der Waals surface area contributed by atoms with Gasteiger partial charge in [0.05, 0.1) is 25.8 Å². The van der Waals surface area contributed by atoms with E-state index in [4.69, 9.17) is 13.9 Å². The van der Waals surface area contributed by atoms with E-state index in [2.05, 4.69) is 14.8 Å². The van der Waals surface area contributed by atoms with Gasteiger partial charge in [-0.1, -0.05) is 24.3 Å². The van der Waals surface area contributed by atoms with Crippen molar-refractivity contribution in [1.82, 2.24) is 14.8 Å². The van der Waals surface area contributed by atoms with Crippen molar-refractivity contribution in [1.29, 1.82) is 0 Å². The summed E-state index contributed by atoms with van der Waals surface area (Å²) in [5.74, 6) is -0.190. The highest BCUT2D eigenvalue weighted by atomic mass is 16.5. The molecule has 1 aliphatic heterocycles. The van der Waals surface area contributed by atoms with Crippen LogP contribution in [-0.4, -0.2) is 77.8 Å². The van der Waals surface area contributed by atoms with Crippen molar-refractivity contribution in [2.45, 2.75) is 26.8 Å². The standard InChI is InChI=1S/C30H33N3O6/c1-4-37-23(34)18-32-14-16-33(17-15-32)27(20-10-12-31-13-11-20)26-25-24(30(36)38-5-2)19(3)39-29(25)22-9-7-6-8-21(22)28(26)35/h6-13,27,35H,4-5,14-18H2,1-3H3. The number of hydrogen-bond donors (Lipinski definition) is 1. The van der Waals surface area contributed by atoms with Gasteiger partial charge in [-0.2, -0.15) is 0 Å². The van der Waals surface area contributed by atoms with Gasteiger partial charge in [-0.25, -0.2) is 4.79 Å². The van der Waals surface area contributed by atoms with Crippen molar-refractivity contribution in [3.63, 3.8) is 0 Å². The van der Waals surface area contributed by atoms with Gasteiger partial charge < -0.3 is 19.0 Å². The SMILES string of the molecule is CCOC(=O)CN1CCN(C(c2ccncc2)c2c(O)c3ccccc3c3oc(C)c(C(=O)OCC)c23)CC1. The van der Waals surface area contributed by atoms with Crippen LogP contribution in [0.1, 0.15) is 47.1 Å². The van der Waals surface area contributed by atoms with Gasteiger partial charge in [-0.15, -0.1) is 0 Å². The lowest BCUT2D eigenvalue weighted by molar-refractivity contribution is -0.144. The van der Waals surface area contributed by atoms with Gasteiger partial charge in [-0.05, 0) is 38.5 Å². The molecule has 0 spiro atoms. The van der Waals surface area contributed by atoms with Crippen molar-refractivity contribution >= 4 is 33.7 Å². The van der Waals surface area contributed by atoms with E-state index in [9.17, 15) is 14.7 Å². The number of aromatic hydroxyl groups is 1. The van der Waals surface area contributed by atoms with Crippen LogP contribution in [0.5, 0.6) is 5.75 Å². The highest BCUT2D eigenvalue weighted by Crippen LogP contribution is 2.47. The zero-order valence-electron chi connectivity index (χ0n) is 22.5. The minimum atomic E-state index is -0.489. The summed E-state index contributed by atoms with van der Waals surface area (Å²) in [4.78, 5) is 33.8. The molecule has 3 heterocycles. The first-order chi connectivity index (χ1) is 18.9. The normalized spacial score (nSPS) is 15.5. The Hall–Kier alpha value is -3.95. The number of nitrogens with zero attached hydrogens (tertiary/aromatic N) is 3. The Kier molecular flexibility index (Phi) is 7.81. The van der Waals surface area contributed by atoms with E-state index in [-0.39, 0.29) is 24.9 Å². The summed E-state index contributed by atoms with van der Waals surface area (Å²) >= 11 is 0. The number of fused-ring (bicyclic) bond motifs is 3. The van der Waals surface area contributed by atoms with E-state index < -0.39 is 12.0 Å². The molecule has 2 aromatic heterocycles. The maximum Gasteiger partial charge on any atom is 0.342 e. The number of aromatic nitrogens is 1. The third kappa shape index (κ3) is 5.07.